The van der Waals surface area contributed by atoms with E-state index in [1.807, 2.05) is 0 Å². The van der Waals surface area contributed by atoms with Crippen LogP contribution in [0.3, 0.4) is 0 Å². The second-order valence-corrected chi connectivity index (χ2v) is 5.03. The minimum Gasteiger partial charge on any atom is -0.298 e. The number of rotatable bonds is 3. The Balaban J connectivity index is 2.46. The van der Waals surface area contributed by atoms with E-state index in [1.54, 1.807) is 25.3 Å². The molecule has 7 heteroatoms. The predicted octanol–water partition coefficient (Wildman–Crippen LogP) is 3.45. The first-order valence-electron chi connectivity index (χ1n) is 4.89. The molecular weight excluding hydrogens is 293 g/mol. The van der Waals surface area contributed by atoms with Crippen LogP contribution in [0.15, 0.2) is 28.4 Å². The van der Waals surface area contributed by atoms with Crippen LogP contribution < -0.4 is 0 Å². The number of nitrogens with zero attached hydrogens (tertiary/aromatic N) is 3. The van der Waals surface area contributed by atoms with Gasteiger partial charge in [0.05, 0.1) is 10.6 Å². The van der Waals surface area contributed by atoms with E-state index in [0.717, 1.165) is 0 Å². The van der Waals surface area contributed by atoms with Crippen LogP contribution in [-0.2, 0) is 0 Å². The van der Waals surface area contributed by atoms with Crippen LogP contribution in [0.5, 0.6) is 0 Å². The van der Waals surface area contributed by atoms with Gasteiger partial charge in [-0.05, 0) is 30.8 Å². The monoisotopic (exact) mass is 299 g/mol. The first-order valence-corrected chi connectivity index (χ1v) is 6.46. The summed E-state index contributed by atoms with van der Waals surface area (Å²) < 4.78 is 0. The molecule has 18 heavy (non-hydrogen) atoms. The first-order chi connectivity index (χ1) is 8.61. The third-order valence-corrected chi connectivity index (χ3v) is 3.74. The van der Waals surface area contributed by atoms with Gasteiger partial charge in [-0.2, -0.15) is 0 Å². The summed E-state index contributed by atoms with van der Waals surface area (Å²) in [5.74, 6) is 0.486. The van der Waals surface area contributed by atoms with Gasteiger partial charge in [0.15, 0.2) is 6.29 Å². The number of aromatic nitrogens is 3. The van der Waals surface area contributed by atoms with Gasteiger partial charge in [0, 0.05) is 6.20 Å². The zero-order valence-corrected chi connectivity index (χ0v) is 11.6. The van der Waals surface area contributed by atoms with Crippen LogP contribution in [0.4, 0.5) is 0 Å². The summed E-state index contributed by atoms with van der Waals surface area (Å²) in [6.45, 7) is 1.70. The Morgan fingerprint density at radius 3 is 2.72 bits per heavy atom. The molecule has 92 valence electrons. The summed E-state index contributed by atoms with van der Waals surface area (Å²) in [7, 11) is 0. The van der Waals surface area contributed by atoms with Crippen molar-refractivity contribution in [3.63, 3.8) is 0 Å². The number of hydrogen-bond acceptors (Lipinski definition) is 5. The van der Waals surface area contributed by atoms with Crippen molar-refractivity contribution >= 4 is 41.2 Å². The maximum Gasteiger partial charge on any atom is 0.155 e. The van der Waals surface area contributed by atoms with E-state index < -0.39 is 0 Å². The van der Waals surface area contributed by atoms with Crippen molar-refractivity contribution in [3.05, 3.63) is 39.9 Å². The first kappa shape index (κ1) is 13.3. The third kappa shape index (κ3) is 2.80. The fraction of sp³-hybridized carbons (Fsp3) is 0.0909. The second-order valence-electron chi connectivity index (χ2n) is 3.29. The fourth-order valence-electron chi connectivity index (χ4n) is 1.24. The molecule has 0 aliphatic carbocycles. The molecule has 0 radical (unpaired) electrons. The lowest BCUT2D eigenvalue weighted by molar-refractivity contribution is 0.112. The highest BCUT2D eigenvalue weighted by Crippen LogP contribution is 2.33. The maximum absolute atomic E-state index is 11.0. The van der Waals surface area contributed by atoms with Crippen molar-refractivity contribution < 1.29 is 4.79 Å². The molecule has 2 rings (SSSR count). The van der Waals surface area contributed by atoms with Gasteiger partial charge in [0.25, 0.3) is 0 Å². The number of carbonyl (C=O) groups excluding carboxylic acids is 1. The van der Waals surface area contributed by atoms with Crippen molar-refractivity contribution in [2.45, 2.75) is 17.0 Å². The SMILES string of the molecule is Cc1nc(Cl)c(C=O)c(Sc2ncccc2Cl)n1. The Bertz CT molecular complexity index is 607. The van der Waals surface area contributed by atoms with Gasteiger partial charge >= 0.3 is 0 Å². The van der Waals surface area contributed by atoms with Gasteiger partial charge in [-0.25, -0.2) is 15.0 Å². The third-order valence-electron chi connectivity index (χ3n) is 2.01. The van der Waals surface area contributed by atoms with Gasteiger partial charge in [-0.15, -0.1) is 0 Å². The number of aldehydes is 1. The maximum atomic E-state index is 11.0. The molecule has 0 N–H and O–H groups in total. The van der Waals surface area contributed by atoms with E-state index in [9.17, 15) is 4.79 Å². The van der Waals surface area contributed by atoms with Gasteiger partial charge in [0.1, 0.15) is 21.0 Å². The number of hydrogen-bond donors (Lipinski definition) is 0. The zero-order valence-electron chi connectivity index (χ0n) is 9.22. The average Bonchev–Trinajstić information content (AvgIpc) is 2.31. The van der Waals surface area contributed by atoms with Gasteiger partial charge in [0.2, 0.25) is 0 Å². The number of pyridine rings is 1. The summed E-state index contributed by atoms with van der Waals surface area (Å²) in [4.78, 5) is 23.2. The summed E-state index contributed by atoms with van der Waals surface area (Å²) in [6.07, 6.45) is 2.24. The van der Waals surface area contributed by atoms with Gasteiger partial charge in [-0.3, -0.25) is 4.79 Å². The van der Waals surface area contributed by atoms with Crippen molar-refractivity contribution in [3.8, 4) is 0 Å². The van der Waals surface area contributed by atoms with E-state index in [0.29, 0.717) is 27.2 Å². The fourth-order valence-corrected chi connectivity index (χ4v) is 2.68. The minimum absolute atomic E-state index is 0.132. The summed E-state index contributed by atoms with van der Waals surface area (Å²) >= 11 is 13.1. The van der Waals surface area contributed by atoms with Gasteiger partial charge < -0.3 is 0 Å². The Morgan fingerprint density at radius 2 is 2.06 bits per heavy atom. The summed E-state index contributed by atoms with van der Waals surface area (Å²) in [5, 5.41) is 1.64. The Labute approximate surface area is 118 Å². The highest BCUT2D eigenvalue weighted by Gasteiger charge is 2.14. The minimum atomic E-state index is 0.132. The largest absolute Gasteiger partial charge is 0.298 e. The number of carbonyl (C=O) groups is 1. The topological polar surface area (TPSA) is 55.7 Å². The quantitative estimate of drug-likeness (QED) is 0.642. The van der Waals surface area contributed by atoms with Crippen LogP contribution in [0, 0.1) is 6.92 Å². The van der Waals surface area contributed by atoms with Crippen molar-refractivity contribution in [1.82, 2.24) is 15.0 Å². The predicted molar refractivity (Wildman–Crippen MR) is 70.5 cm³/mol. The van der Waals surface area contributed by atoms with E-state index in [1.165, 1.54) is 11.8 Å². The Kier molecular flexibility index (Phi) is 4.16. The van der Waals surface area contributed by atoms with Crippen molar-refractivity contribution in [1.29, 1.82) is 0 Å². The molecule has 0 saturated heterocycles. The summed E-state index contributed by atoms with van der Waals surface area (Å²) in [5.41, 5.74) is 0.244. The van der Waals surface area contributed by atoms with Crippen molar-refractivity contribution in [2.24, 2.45) is 0 Å². The molecule has 0 aliphatic heterocycles. The van der Waals surface area contributed by atoms with E-state index in [2.05, 4.69) is 15.0 Å². The van der Waals surface area contributed by atoms with E-state index >= 15 is 0 Å². The molecule has 0 unspecified atom stereocenters. The molecule has 2 aromatic heterocycles. The highest BCUT2D eigenvalue weighted by atomic mass is 35.5. The standard InChI is InChI=1S/C11H7Cl2N3OS/c1-6-15-9(13)7(5-17)10(16-6)18-11-8(12)3-2-4-14-11/h2-5H,1H3. The summed E-state index contributed by atoms with van der Waals surface area (Å²) in [6, 6.07) is 3.44. The molecule has 0 amide bonds. The molecule has 2 aromatic rings. The number of halogens is 2. The molecule has 0 atom stereocenters. The Hall–Kier alpha value is -1.17. The van der Waals surface area contributed by atoms with E-state index in [-0.39, 0.29) is 10.7 Å². The lowest BCUT2D eigenvalue weighted by Crippen LogP contribution is -1.98. The average molecular weight is 300 g/mol. The van der Waals surface area contributed by atoms with Crippen molar-refractivity contribution in [2.75, 3.05) is 0 Å². The molecular formula is C11H7Cl2N3OS. The van der Waals surface area contributed by atoms with Crippen LogP contribution in [-0.4, -0.2) is 21.2 Å². The lowest BCUT2D eigenvalue weighted by atomic mass is 10.4. The smallest absolute Gasteiger partial charge is 0.155 e. The highest BCUT2D eigenvalue weighted by molar-refractivity contribution is 7.99. The van der Waals surface area contributed by atoms with Gasteiger partial charge in [-0.1, -0.05) is 23.2 Å². The zero-order chi connectivity index (χ0) is 13.1. The van der Waals surface area contributed by atoms with Crippen LogP contribution in [0.25, 0.3) is 0 Å². The molecule has 0 aromatic carbocycles. The lowest BCUT2D eigenvalue weighted by Gasteiger charge is -2.06. The van der Waals surface area contributed by atoms with Crippen LogP contribution >= 0.6 is 35.0 Å². The molecule has 0 spiro atoms. The normalized spacial score (nSPS) is 10.4. The second kappa shape index (κ2) is 5.65. The van der Waals surface area contributed by atoms with Crippen LogP contribution in [0.1, 0.15) is 16.2 Å². The van der Waals surface area contributed by atoms with Crippen LogP contribution in [0.2, 0.25) is 10.2 Å². The molecule has 0 aliphatic rings. The molecule has 4 nitrogen and oxygen atoms in total. The number of aryl methyl sites for hydroxylation is 1. The molecule has 0 fully saturated rings. The van der Waals surface area contributed by atoms with E-state index in [4.69, 9.17) is 23.2 Å². The molecule has 0 saturated carbocycles. The molecule has 0 bridgehead atoms. The molecule has 2 heterocycles. The Morgan fingerprint density at radius 1 is 1.28 bits per heavy atom.